The lowest BCUT2D eigenvalue weighted by Gasteiger charge is -2.19. The van der Waals surface area contributed by atoms with Crippen LogP contribution in [0.25, 0.3) is 10.9 Å². The quantitative estimate of drug-likeness (QED) is 0.205. The Balaban J connectivity index is 1.20. The maximum Gasteiger partial charge on any atom is 0.416 e. The molecule has 0 aliphatic carbocycles. The number of hydrazone groups is 1. The summed E-state index contributed by atoms with van der Waals surface area (Å²) in [7, 11) is 0. The summed E-state index contributed by atoms with van der Waals surface area (Å²) in [6.45, 7) is 4.47. The number of nitrogens with two attached hydrogens (primary N) is 1. The Morgan fingerprint density at radius 2 is 1.69 bits per heavy atom. The van der Waals surface area contributed by atoms with Crippen LogP contribution >= 0.6 is 15.9 Å². The van der Waals surface area contributed by atoms with Crippen LogP contribution in [0.1, 0.15) is 60.4 Å². The summed E-state index contributed by atoms with van der Waals surface area (Å²) in [5.41, 5.74) is 8.92. The maximum atomic E-state index is 13.1. The van der Waals surface area contributed by atoms with Crippen molar-refractivity contribution < 1.29 is 22.7 Å². The maximum absolute atomic E-state index is 13.1. The number of likely N-dealkylation sites (tertiary alicyclic amines) is 1. The fourth-order valence-electron chi connectivity index (χ4n) is 6.22. The van der Waals surface area contributed by atoms with Crippen molar-refractivity contribution >= 4 is 38.6 Å². The van der Waals surface area contributed by atoms with E-state index >= 15 is 0 Å². The number of fused-ring (bicyclic) bond motifs is 1. The first-order valence-electron chi connectivity index (χ1n) is 15.2. The molecule has 0 bridgehead atoms. The number of carbonyl (C=O) groups is 1. The van der Waals surface area contributed by atoms with Crippen molar-refractivity contribution in [1.29, 1.82) is 0 Å². The van der Waals surface area contributed by atoms with Gasteiger partial charge < -0.3 is 15.0 Å². The van der Waals surface area contributed by atoms with Gasteiger partial charge in [0, 0.05) is 46.6 Å². The van der Waals surface area contributed by atoms with Gasteiger partial charge in [0.15, 0.2) is 0 Å². The van der Waals surface area contributed by atoms with E-state index in [1.54, 1.807) is 0 Å². The smallest absolute Gasteiger partial charge is 0.416 e. The minimum Gasteiger partial charge on any atom is -0.492 e. The van der Waals surface area contributed by atoms with Gasteiger partial charge in [0.05, 0.1) is 17.3 Å². The fourth-order valence-corrected chi connectivity index (χ4v) is 6.58. The van der Waals surface area contributed by atoms with Crippen molar-refractivity contribution in [3.05, 3.63) is 99.7 Å². The molecule has 7 nitrogen and oxygen atoms in total. The van der Waals surface area contributed by atoms with Gasteiger partial charge in [0.2, 0.25) is 0 Å². The predicted octanol–water partition coefficient (Wildman–Crippen LogP) is 7.96. The molecule has 2 aliphatic rings. The Morgan fingerprint density at radius 1 is 0.978 bits per heavy atom. The zero-order valence-corrected chi connectivity index (χ0v) is 26.4. The van der Waals surface area contributed by atoms with Gasteiger partial charge in [-0.1, -0.05) is 53.0 Å². The predicted molar refractivity (Wildman–Crippen MR) is 172 cm³/mol. The first-order chi connectivity index (χ1) is 21.7. The third-order valence-electron chi connectivity index (χ3n) is 8.57. The number of halogens is 4. The number of primary amides is 1. The van der Waals surface area contributed by atoms with Gasteiger partial charge in [-0.25, -0.2) is 9.80 Å². The molecule has 6 rings (SSSR count). The molecule has 3 heterocycles. The topological polar surface area (TPSA) is 76.1 Å². The van der Waals surface area contributed by atoms with Crippen LogP contribution in [0.2, 0.25) is 0 Å². The number of rotatable bonds is 8. The first-order valence-corrected chi connectivity index (χ1v) is 16.0. The Bertz CT molecular complexity index is 1680. The lowest BCUT2D eigenvalue weighted by Crippen LogP contribution is -2.31. The van der Waals surface area contributed by atoms with Gasteiger partial charge in [-0.05, 0) is 79.5 Å². The Hall–Kier alpha value is -3.83. The standard InChI is InChI=1S/C34H35BrF3N5O2/c35-26-11-14-31-28(19-26)29(32-20-30(40-43(32)33(39)44)24-7-9-25(10-8-24)34(36,37)38)22-42(31)21-23-5-12-27(13-6-23)45-18-17-41-15-3-1-2-4-16-41/h5-14,19,22,32H,1-4,15-18,20-21H2,(H2,39,44). The van der Waals surface area contributed by atoms with Crippen LogP contribution in [0.15, 0.2) is 82.5 Å². The van der Waals surface area contributed by atoms with Crippen molar-refractivity contribution in [2.45, 2.75) is 50.9 Å². The second kappa shape index (κ2) is 13.3. The van der Waals surface area contributed by atoms with Crippen LogP contribution in [0, 0.1) is 0 Å². The van der Waals surface area contributed by atoms with Crippen molar-refractivity contribution in [3.8, 4) is 5.75 Å². The fraction of sp³-hybridized carbons (Fsp3) is 0.353. The van der Waals surface area contributed by atoms with Crippen LogP contribution < -0.4 is 10.5 Å². The molecule has 1 atom stereocenters. The normalized spacial score (nSPS) is 17.8. The molecule has 2 amide bonds. The van der Waals surface area contributed by atoms with Gasteiger partial charge >= 0.3 is 12.2 Å². The summed E-state index contributed by atoms with van der Waals surface area (Å²) in [5.74, 6) is 0.839. The highest BCUT2D eigenvalue weighted by molar-refractivity contribution is 9.10. The summed E-state index contributed by atoms with van der Waals surface area (Å²) < 4.78 is 48.4. The van der Waals surface area contributed by atoms with E-state index in [-0.39, 0.29) is 0 Å². The highest BCUT2D eigenvalue weighted by atomic mass is 79.9. The number of carbonyl (C=O) groups excluding carboxylic acids is 1. The number of hydrogen-bond donors (Lipinski definition) is 1. The average Bonchev–Trinajstić information content (AvgIpc) is 3.50. The lowest BCUT2D eigenvalue weighted by molar-refractivity contribution is -0.137. The zero-order valence-electron chi connectivity index (χ0n) is 24.8. The van der Waals surface area contributed by atoms with E-state index in [1.807, 2.05) is 36.5 Å². The molecule has 1 aromatic heterocycles. The van der Waals surface area contributed by atoms with Gasteiger partial charge in [-0.2, -0.15) is 18.3 Å². The number of aromatic nitrogens is 1. The van der Waals surface area contributed by atoms with E-state index in [1.165, 1.54) is 42.8 Å². The van der Waals surface area contributed by atoms with Crippen LogP contribution in [0.5, 0.6) is 5.75 Å². The molecular formula is C34H35BrF3N5O2. The number of nitrogens with zero attached hydrogens (tertiary/aromatic N) is 4. The molecule has 3 aromatic carbocycles. The average molecular weight is 683 g/mol. The van der Waals surface area contributed by atoms with E-state index in [0.717, 1.165) is 64.0 Å². The summed E-state index contributed by atoms with van der Waals surface area (Å²) in [6.07, 6.45) is 3.03. The van der Waals surface area contributed by atoms with Gasteiger partial charge in [0.25, 0.3) is 0 Å². The van der Waals surface area contributed by atoms with Crippen LogP contribution in [0.3, 0.4) is 0 Å². The van der Waals surface area contributed by atoms with E-state index in [2.05, 4.69) is 42.6 Å². The minimum absolute atomic E-state index is 0.309. The monoisotopic (exact) mass is 681 g/mol. The number of urea groups is 1. The molecule has 0 saturated carbocycles. The van der Waals surface area contributed by atoms with Crippen LogP contribution in [-0.2, 0) is 12.7 Å². The Morgan fingerprint density at radius 3 is 2.36 bits per heavy atom. The van der Waals surface area contributed by atoms with Crippen LogP contribution in [-0.4, -0.2) is 52.5 Å². The van der Waals surface area contributed by atoms with Crippen molar-refractivity contribution in [2.75, 3.05) is 26.2 Å². The lowest BCUT2D eigenvalue weighted by atomic mass is 9.97. The number of benzene rings is 3. The molecule has 45 heavy (non-hydrogen) atoms. The summed E-state index contributed by atoms with van der Waals surface area (Å²) in [5, 5.41) is 6.61. The Kier molecular flexibility index (Phi) is 9.18. The second-order valence-electron chi connectivity index (χ2n) is 11.6. The number of alkyl halides is 3. The first kappa shape index (κ1) is 31.2. The third kappa shape index (κ3) is 7.20. The summed E-state index contributed by atoms with van der Waals surface area (Å²) in [4.78, 5) is 15.0. The molecule has 0 radical (unpaired) electrons. The zero-order chi connectivity index (χ0) is 31.6. The van der Waals surface area contributed by atoms with Crippen molar-refractivity contribution in [2.24, 2.45) is 10.8 Å². The highest BCUT2D eigenvalue weighted by Crippen LogP contribution is 2.39. The summed E-state index contributed by atoms with van der Waals surface area (Å²) >= 11 is 3.57. The molecule has 2 N–H and O–H groups in total. The second-order valence-corrected chi connectivity index (χ2v) is 12.6. The van der Waals surface area contributed by atoms with E-state index in [4.69, 9.17) is 10.5 Å². The van der Waals surface area contributed by atoms with E-state index in [0.29, 0.717) is 30.8 Å². The largest absolute Gasteiger partial charge is 0.492 e. The number of ether oxygens (including phenoxy) is 1. The molecule has 1 unspecified atom stereocenters. The Labute approximate surface area is 268 Å². The van der Waals surface area contributed by atoms with Gasteiger partial charge in [-0.15, -0.1) is 0 Å². The SMILES string of the molecule is NC(=O)N1N=C(c2ccc(C(F)(F)F)cc2)CC1c1cn(Cc2ccc(OCCN3CCCCCC3)cc2)c2ccc(Br)cc12. The molecular weight excluding hydrogens is 647 g/mol. The van der Waals surface area contributed by atoms with Gasteiger partial charge in [-0.3, -0.25) is 4.90 Å². The van der Waals surface area contributed by atoms with E-state index in [9.17, 15) is 18.0 Å². The molecule has 4 aromatic rings. The summed E-state index contributed by atoms with van der Waals surface area (Å²) in [6, 6.07) is 17.7. The minimum atomic E-state index is -4.44. The third-order valence-corrected chi connectivity index (χ3v) is 9.06. The van der Waals surface area contributed by atoms with E-state index < -0.39 is 23.8 Å². The van der Waals surface area contributed by atoms with Gasteiger partial charge in [0.1, 0.15) is 12.4 Å². The molecule has 1 saturated heterocycles. The molecule has 236 valence electrons. The molecule has 11 heteroatoms. The number of amides is 2. The highest BCUT2D eigenvalue weighted by Gasteiger charge is 2.35. The molecule has 1 fully saturated rings. The van der Waals surface area contributed by atoms with Crippen molar-refractivity contribution in [3.63, 3.8) is 0 Å². The molecule has 0 spiro atoms. The van der Waals surface area contributed by atoms with Crippen molar-refractivity contribution in [1.82, 2.24) is 14.5 Å². The van der Waals surface area contributed by atoms with Crippen LogP contribution in [0.4, 0.5) is 18.0 Å². The number of hydrogen-bond acceptors (Lipinski definition) is 4. The molecule has 2 aliphatic heterocycles.